The largest absolute Gasteiger partial charge is 0.387 e. The number of aromatic nitrogens is 1. The number of hydrogen-bond acceptors (Lipinski definition) is 2. The van der Waals surface area contributed by atoms with E-state index in [1.807, 2.05) is 30.5 Å². The molecule has 2 rings (SSSR count). The second-order valence-corrected chi connectivity index (χ2v) is 3.56. The lowest BCUT2D eigenvalue weighted by atomic mass is 10.1. The molecule has 0 atom stereocenters. The summed E-state index contributed by atoms with van der Waals surface area (Å²) in [4.78, 5) is 4.37. The molecule has 1 N–H and O–H groups in total. The summed E-state index contributed by atoms with van der Waals surface area (Å²) in [7, 11) is 0. The first kappa shape index (κ1) is 8.51. The Labute approximate surface area is 85.5 Å². The average molecular weight is 237 g/mol. The van der Waals surface area contributed by atoms with Crippen LogP contribution >= 0.6 is 15.9 Å². The second-order valence-electron chi connectivity index (χ2n) is 2.75. The fourth-order valence-corrected chi connectivity index (χ4v) is 1.56. The molecule has 0 fully saturated rings. The molecule has 1 aromatic rings. The minimum absolute atomic E-state index is 0.873. The number of hydrogen-bond donors (Lipinski definition) is 1. The molecule has 0 amide bonds. The summed E-state index contributed by atoms with van der Waals surface area (Å²) in [6.07, 6.45) is 6.09. The Hall–Kier alpha value is -1.09. The van der Waals surface area contributed by atoms with Gasteiger partial charge in [-0.3, -0.25) is 0 Å². The maximum atomic E-state index is 4.37. The van der Waals surface area contributed by atoms with Crippen molar-refractivity contribution in [1.82, 2.24) is 10.3 Å². The number of nitrogens with one attached hydrogen (secondary N) is 1. The number of nitrogens with zero attached hydrogens (tertiary/aromatic N) is 1. The molecule has 1 aromatic heterocycles. The quantitative estimate of drug-likeness (QED) is 0.758. The predicted octanol–water partition coefficient (Wildman–Crippen LogP) is 2.34. The summed E-state index contributed by atoms with van der Waals surface area (Å²) < 4.78 is 0.873. The van der Waals surface area contributed by atoms with E-state index in [0.717, 1.165) is 16.8 Å². The third-order valence-electron chi connectivity index (χ3n) is 1.83. The lowest BCUT2D eigenvalue weighted by Gasteiger charge is -2.07. The van der Waals surface area contributed by atoms with Crippen molar-refractivity contribution >= 4 is 21.5 Å². The molecule has 0 spiro atoms. The molecular formula is C10H9BrN2. The molecule has 1 aliphatic heterocycles. The van der Waals surface area contributed by atoms with Crippen LogP contribution in [-0.4, -0.2) is 11.5 Å². The number of dihydropyridines is 1. The highest BCUT2D eigenvalue weighted by Gasteiger charge is 2.01. The highest BCUT2D eigenvalue weighted by atomic mass is 79.9. The standard InChI is InChI=1S/C10H9BrN2/c11-10-3-1-2-9(13-10)8-4-6-12-7-5-8/h1-6,12H,7H2. The Morgan fingerprint density at radius 3 is 3.00 bits per heavy atom. The molecular weight excluding hydrogens is 228 g/mol. The first-order valence-corrected chi connectivity index (χ1v) is 4.88. The van der Waals surface area contributed by atoms with E-state index in [9.17, 15) is 0 Å². The van der Waals surface area contributed by atoms with E-state index in [2.05, 4.69) is 32.3 Å². The third kappa shape index (κ3) is 1.98. The summed E-state index contributed by atoms with van der Waals surface area (Å²) in [5, 5.41) is 3.10. The highest BCUT2D eigenvalue weighted by molar-refractivity contribution is 9.10. The molecule has 0 bridgehead atoms. The van der Waals surface area contributed by atoms with Crippen molar-refractivity contribution in [3.05, 3.63) is 46.8 Å². The molecule has 0 aromatic carbocycles. The molecule has 2 nitrogen and oxygen atoms in total. The van der Waals surface area contributed by atoms with Gasteiger partial charge in [-0.15, -0.1) is 0 Å². The summed E-state index contributed by atoms with van der Waals surface area (Å²) in [6.45, 7) is 0.875. The Balaban J connectivity index is 2.35. The first-order valence-electron chi connectivity index (χ1n) is 4.09. The van der Waals surface area contributed by atoms with Crippen LogP contribution in [0.4, 0.5) is 0 Å². The van der Waals surface area contributed by atoms with Gasteiger partial charge < -0.3 is 5.32 Å². The molecule has 66 valence electrons. The van der Waals surface area contributed by atoms with Gasteiger partial charge in [0.05, 0.1) is 5.69 Å². The molecule has 0 saturated heterocycles. The molecule has 0 radical (unpaired) electrons. The zero-order valence-corrected chi connectivity index (χ0v) is 8.58. The number of pyridine rings is 1. The van der Waals surface area contributed by atoms with Crippen LogP contribution in [0.3, 0.4) is 0 Å². The minimum atomic E-state index is 0.873. The Morgan fingerprint density at radius 2 is 2.31 bits per heavy atom. The molecule has 0 saturated carbocycles. The van der Waals surface area contributed by atoms with Crippen molar-refractivity contribution in [1.29, 1.82) is 0 Å². The lowest BCUT2D eigenvalue weighted by molar-refractivity contribution is 0.973. The van der Waals surface area contributed by atoms with E-state index >= 15 is 0 Å². The molecule has 0 aliphatic carbocycles. The van der Waals surface area contributed by atoms with Crippen molar-refractivity contribution in [3.63, 3.8) is 0 Å². The smallest absolute Gasteiger partial charge is 0.106 e. The van der Waals surface area contributed by atoms with Crippen LogP contribution in [-0.2, 0) is 0 Å². The summed E-state index contributed by atoms with van der Waals surface area (Å²) in [6, 6.07) is 5.92. The van der Waals surface area contributed by atoms with Gasteiger partial charge in [0.15, 0.2) is 0 Å². The van der Waals surface area contributed by atoms with Gasteiger partial charge in [-0.2, -0.15) is 0 Å². The van der Waals surface area contributed by atoms with Gasteiger partial charge in [0.25, 0.3) is 0 Å². The lowest BCUT2D eigenvalue weighted by Crippen LogP contribution is -2.08. The molecule has 1 aliphatic rings. The van der Waals surface area contributed by atoms with Gasteiger partial charge >= 0.3 is 0 Å². The van der Waals surface area contributed by atoms with Crippen LogP contribution in [0.15, 0.2) is 41.2 Å². The van der Waals surface area contributed by atoms with Gasteiger partial charge in [0.2, 0.25) is 0 Å². The van der Waals surface area contributed by atoms with E-state index in [1.54, 1.807) is 0 Å². The highest BCUT2D eigenvalue weighted by Crippen LogP contribution is 2.16. The third-order valence-corrected chi connectivity index (χ3v) is 2.27. The topological polar surface area (TPSA) is 24.9 Å². The normalized spacial score (nSPS) is 15.0. The monoisotopic (exact) mass is 236 g/mol. The minimum Gasteiger partial charge on any atom is -0.387 e. The average Bonchev–Trinajstić information content (AvgIpc) is 2.19. The number of rotatable bonds is 1. The van der Waals surface area contributed by atoms with Crippen molar-refractivity contribution in [2.45, 2.75) is 0 Å². The summed E-state index contributed by atoms with van der Waals surface area (Å²) in [5.74, 6) is 0. The van der Waals surface area contributed by atoms with E-state index < -0.39 is 0 Å². The number of halogens is 1. The number of allylic oxidation sites excluding steroid dienone is 2. The molecule has 3 heteroatoms. The van der Waals surface area contributed by atoms with E-state index in [1.165, 1.54) is 5.57 Å². The van der Waals surface area contributed by atoms with E-state index in [0.29, 0.717) is 0 Å². The first-order chi connectivity index (χ1) is 6.36. The van der Waals surface area contributed by atoms with Gasteiger partial charge in [0.1, 0.15) is 4.60 Å². The fourth-order valence-electron chi connectivity index (χ4n) is 1.21. The molecule has 2 heterocycles. The van der Waals surface area contributed by atoms with Crippen molar-refractivity contribution < 1.29 is 0 Å². The fraction of sp³-hybridized carbons (Fsp3) is 0.100. The summed E-state index contributed by atoms with van der Waals surface area (Å²) >= 11 is 3.35. The van der Waals surface area contributed by atoms with Gasteiger partial charge in [-0.1, -0.05) is 12.1 Å². The summed E-state index contributed by atoms with van der Waals surface area (Å²) in [5.41, 5.74) is 2.17. The zero-order valence-electron chi connectivity index (χ0n) is 7.00. The van der Waals surface area contributed by atoms with Crippen molar-refractivity contribution in [2.24, 2.45) is 0 Å². The Kier molecular flexibility index (Phi) is 2.45. The maximum absolute atomic E-state index is 4.37. The van der Waals surface area contributed by atoms with Crippen LogP contribution < -0.4 is 5.32 Å². The Bertz CT molecular complexity index is 369. The van der Waals surface area contributed by atoms with E-state index in [-0.39, 0.29) is 0 Å². The Morgan fingerprint density at radius 1 is 1.38 bits per heavy atom. The molecule has 13 heavy (non-hydrogen) atoms. The molecule has 0 unspecified atom stereocenters. The van der Waals surface area contributed by atoms with Gasteiger partial charge in [0, 0.05) is 6.54 Å². The van der Waals surface area contributed by atoms with Crippen LogP contribution in [0.5, 0.6) is 0 Å². The second kappa shape index (κ2) is 3.75. The van der Waals surface area contributed by atoms with Gasteiger partial charge in [-0.25, -0.2) is 4.98 Å². The van der Waals surface area contributed by atoms with Gasteiger partial charge in [-0.05, 0) is 45.9 Å². The SMILES string of the molecule is Brc1cccc(C2=CCNC=C2)n1. The van der Waals surface area contributed by atoms with Crippen LogP contribution in [0, 0.1) is 0 Å². The van der Waals surface area contributed by atoms with Crippen molar-refractivity contribution in [2.75, 3.05) is 6.54 Å². The van der Waals surface area contributed by atoms with Crippen LogP contribution in [0.25, 0.3) is 5.57 Å². The van der Waals surface area contributed by atoms with E-state index in [4.69, 9.17) is 0 Å². The van der Waals surface area contributed by atoms with Crippen molar-refractivity contribution in [3.8, 4) is 0 Å². The van der Waals surface area contributed by atoms with Crippen LogP contribution in [0.1, 0.15) is 5.69 Å². The predicted molar refractivity (Wildman–Crippen MR) is 57.1 cm³/mol. The zero-order chi connectivity index (χ0) is 9.10. The maximum Gasteiger partial charge on any atom is 0.106 e. The van der Waals surface area contributed by atoms with Crippen LogP contribution in [0.2, 0.25) is 0 Å².